The molecule has 0 radical (unpaired) electrons. The minimum absolute atomic E-state index is 0.0185. The van der Waals surface area contributed by atoms with E-state index in [1.54, 1.807) is 37.5 Å². The van der Waals surface area contributed by atoms with E-state index < -0.39 is 0 Å². The van der Waals surface area contributed by atoms with Gasteiger partial charge in [0.25, 0.3) is 5.91 Å². The lowest BCUT2D eigenvalue weighted by Gasteiger charge is -2.21. The number of likely N-dealkylation sites (tertiary alicyclic amines) is 1. The first-order valence-corrected chi connectivity index (χ1v) is 10.4. The summed E-state index contributed by atoms with van der Waals surface area (Å²) in [6.07, 6.45) is 5.21. The lowest BCUT2D eigenvalue weighted by molar-refractivity contribution is -0.111. The van der Waals surface area contributed by atoms with E-state index in [4.69, 9.17) is 14.2 Å². The number of hydrogen-bond donors (Lipinski definition) is 1. The zero-order valence-electron chi connectivity index (χ0n) is 17.8. The van der Waals surface area contributed by atoms with Crippen molar-refractivity contribution in [1.29, 1.82) is 0 Å². The van der Waals surface area contributed by atoms with Gasteiger partial charge in [0.2, 0.25) is 11.7 Å². The minimum atomic E-state index is -0.289. The summed E-state index contributed by atoms with van der Waals surface area (Å²) < 4.78 is 16.6. The van der Waals surface area contributed by atoms with E-state index in [9.17, 15) is 9.59 Å². The van der Waals surface area contributed by atoms with Gasteiger partial charge in [-0.1, -0.05) is 6.07 Å². The second-order valence-electron chi connectivity index (χ2n) is 7.55. The number of benzene rings is 2. The Morgan fingerprint density at radius 1 is 1.13 bits per heavy atom. The van der Waals surface area contributed by atoms with E-state index in [1.165, 1.54) is 6.08 Å². The first-order valence-electron chi connectivity index (χ1n) is 10.4. The molecule has 7 heteroatoms. The number of fused-ring (bicyclic) bond motifs is 1. The number of carbonyl (C=O) groups is 2. The Balaban J connectivity index is 1.48. The molecule has 1 saturated heterocycles. The molecule has 2 amide bonds. The van der Waals surface area contributed by atoms with Gasteiger partial charge in [-0.3, -0.25) is 9.59 Å². The highest BCUT2D eigenvalue weighted by Crippen LogP contribution is 2.40. The highest BCUT2D eigenvalue weighted by atomic mass is 16.6. The lowest BCUT2D eigenvalue weighted by Crippen LogP contribution is -2.28. The van der Waals surface area contributed by atoms with Crippen LogP contribution in [0.4, 0.5) is 5.69 Å². The fourth-order valence-electron chi connectivity index (χ4n) is 3.83. The molecule has 0 aliphatic carbocycles. The lowest BCUT2D eigenvalue weighted by atomic mass is 10.1. The van der Waals surface area contributed by atoms with Crippen LogP contribution >= 0.6 is 0 Å². The zero-order chi connectivity index (χ0) is 21.8. The number of hydrogen-bond acceptors (Lipinski definition) is 5. The van der Waals surface area contributed by atoms with Crippen LogP contribution in [0.5, 0.6) is 17.2 Å². The van der Waals surface area contributed by atoms with Crippen LogP contribution in [0.15, 0.2) is 36.4 Å². The van der Waals surface area contributed by atoms with Crippen LogP contribution in [-0.2, 0) is 4.79 Å². The molecule has 2 aliphatic heterocycles. The van der Waals surface area contributed by atoms with Crippen molar-refractivity contribution in [2.24, 2.45) is 0 Å². The third-order valence-electron chi connectivity index (χ3n) is 5.49. The molecule has 31 heavy (non-hydrogen) atoms. The normalized spacial score (nSPS) is 15.2. The number of ether oxygens (including phenoxy) is 3. The highest BCUT2D eigenvalue weighted by molar-refractivity contribution is 6.04. The second-order valence-corrected chi connectivity index (χ2v) is 7.55. The standard InChI is InChI=1S/C24H26N2O5/c1-16-18(24(28)26-10-3-4-11-26)6-5-7-19(16)25-22(27)9-8-17-14-20(29-2)23-21(15-17)30-12-13-31-23/h5-9,14-15H,3-4,10-13H2,1-2H3,(H,25,27)/b9-8+. The molecule has 162 valence electrons. The van der Waals surface area contributed by atoms with Crippen LogP contribution in [0.1, 0.15) is 34.3 Å². The fraction of sp³-hybridized carbons (Fsp3) is 0.333. The Morgan fingerprint density at radius 3 is 2.68 bits per heavy atom. The van der Waals surface area contributed by atoms with Crippen molar-refractivity contribution in [2.75, 3.05) is 38.7 Å². The molecule has 0 spiro atoms. The van der Waals surface area contributed by atoms with Gasteiger partial charge in [0, 0.05) is 30.4 Å². The number of rotatable bonds is 5. The number of nitrogens with one attached hydrogen (secondary N) is 1. The van der Waals surface area contributed by atoms with Gasteiger partial charge in [0.05, 0.1) is 7.11 Å². The minimum Gasteiger partial charge on any atom is -0.493 e. The molecular weight excluding hydrogens is 396 g/mol. The summed E-state index contributed by atoms with van der Waals surface area (Å²) in [5.74, 6) is 1.45. The Labute approximate surface area is 181 Å². The van der Waals surface area contributed by atoms with Gasteiger partial charge >= 0.3 is 0 Å². The van der Waals surface area contributed by atoms with Crippen molar-refractivity contribution in [3.63, 3.8) is 0 Å². The number of amides is 2. The highest BCUT2D eigenvalue weighted by Gasteiger charge is 2.22. The van der Waals surface area contributed by atoms with Crippen LogP contribution < -0.4 is 19.5 Å². The van der Waals surface area contributed by atoms with E-state index in [1.807, 2.05) is 17.9 Å². The molecule has 0 aromatic heterocycles. The molecule has 7 nitrogen and oxygen atoms in total. The summed E-state index contributed by atoms with van der Waals surface area (Å²) in [7, 11) is 1.56. The van der Waals surface area contributed by atoms with Gasteiger partial charge in [-0.25, -0.2) is 0 Å². The molecule has 0 saturated carbocycles. The van der Waals surface area contributed by atoms with Gasteiger partial charge in [0.1, 0.15) is 13.2 Å². The number of anilines is 1. The molecule has 0 atom stereocenters. The maximum absolute atomic E-state index is 12.8. The molecule has 0 unspecified atom stereocenters. The Morgan fingerprint density at radius 2 is 1.90 bits per heavy atom. The molecule has 2 heterocycles. The smallest absolute Gasteiger partial charge is 0.254 e. The first-order chi connectivity index (χ1) is 15.1. The monoisotopic (exact) mass is 422 g/mol. The summed E-state index contributed by atoms with van der Waals surface area (Å²) in [6.45, 7) is 4.37. The summed E-state index contributed by atoms with van der Waals surface area (Å²) in [6, 6.07) is 9.00. The quantitative estimate of drug-likeness (QED) is 0.744. The Bertz CT molecular complexity index is 1010. The predicted molar refractivity (Wildman–Crippen MR) is 118 cm³/mol. The van der Waals surface area contributed by atoms with Crippen molar-refractivity contribution in [3.8, 4) is 17.2 Å². The van der Waals surface area contributed by atoms with Gasteiger partial charge in [-0.15, -0.1) is 0 Å². The van der Waals surface area contributed by atoms with Gasteiger partial charge < -0.3 is 24.4 Å². The number of methoxy groups -OCH3 is 1. The van der Waals surface area contributed by atoms with E-state index in [-0.39, 0.29) is 11.8 Å². The molecule has 2 aromatic carbocycles. The van der Waals surface area contributed by atoms with Crippen molar-refractivity contribution in [2.45, 2.75) is 19.8 Å². The fourth-order valence-corrected chi connectivity index (χ4v) is 3.83. The van der Waals surface area contributed by atoms with Crippen molar-refractivity contribution in [3.05, 3.63) is 53.1 Å². The second kappa shape index (κ2) is 9.12. The Kier molecular flexibility index (Phi) is 6.11. The van der Waals surface area contributed by atoms with Crippen LogP contribution in [0.25, 0.3) is 6.08 Å². The van der Waals surface area contributed by atoms with Gasteiger partial charge in [-0.05, 0) is 61.2 Å². The molecule has 0 bridgehead atoms. The third-order valence-corrected chi connectivity index (χ3v) is 5.49. The van der Waals surface area contributed by atoms with Crippen molar-refractivity contribution in [1.82, 2.24) is 4.90 Å². The maximum atomic E-state index is 12.8. The largest absolute Gasteiger partial charge is 0.493 e. The van der Waals surface area contributed by atoms with E-state index in [0.29, 0.717) is 41.7 Å². The summed E-state index contributed by atoms with van der Waals surface area (Å²) in [5.41, 5.74) is 2.77. The summed E-state index contributed by atoms with van der Waals surface area (Å²) >= 11 is 0. The number of carbonyl (C=O) groups excluding carboxylic acids is 2. The molecule has 2 aliphatic rings. The number of nitrogens with zero attached hydrogens (tertiary/aromatic N) is 1. The molecule has 1 fully saturated rings. The summed E-state index contributed by atoms with van der Waals surface area (Å²) in [5, 5.41) is 2.87. The third kappa shape index (κ3) is 4.50. The molecule has 4 rings (SSSR count). The van der Waals surface area contributed by atoms with Crippen LogP contribution in [0.2, 0.25) is 0 Å². The zero-order valence-corrected chi connectivity index (χ0v) is 17.8. The SMILES string of the molecule is COc1cc(/C=C/C(=O)Nc2cccc(C(=O)N3CCCC3)c2C)cc2c1OCCO2. The van der Waals surface area contributed by atoms with E-state index >= 15 is 0 Å². The van der Waals surface area contributed by atoms with Crippen molar-refractivity contribution < 1.29 is 23.8 Å². The summed E-state index contributed by atoms with van der Waals surface area (Å²) in [4.78, 5) is 27.2. The van der Waals surface area contributed by atoms with Gasteiger partial charge in [0.15, 0.2) is 11.5 Å². The average molecular weight is 422 g/mol. The van der Waals surface area contributed by atoms with Crippen LogP contribution in [0, 0.1) is 6.92 Å². The molecule has 1 N–H and O–H groups in total. The van der Waals surface area contributed by atoms with Crippen LogP contribution in [0.3, 0.4) is 0 Å². The first kappa shape index (κ1) is 20.8. The van der Waals surface area contributed by atoms with Crippen LogP contribution in [-0.4, -0.2) is 50.1 Å². The topological polar surface area (TPSA) is 77.1 Å². The molecular formula is C24H26N2O5. The van der Waals surface area contributed by atoms with Gasteiger partial charge in [-0.2, -0.15) is 0 Å². The van der Waals surface area contributed by atoms with E-state index in [2.05, 4.69) is 5.32 Å². The van der Waals surface area contributed by atoms with E-state index in [0.717, 1.165) is 37.1 Å². The molecule has 2 aromatic rings. The maximum Gasteiger partial charge on any atom is 0.254 e. The average Bonchev–Trinajstić information content (AvgIpc) is 3.33. The predicted octanol–water partition coefficient (Wildman–Crippen LogP) is 3.66. The van der Waals surface area contributed by atoms with Crippen molar-refractivity contribution >= 4 is 23.6 Å². The Hall–Kier alpha value is -3.48.